The molecule has 0 saturated carbocycles. The first-order valence-corrected chi connectivity index (χ1v) is 13.6. The fourth-order valence-corrected chi connectivity index (χ4v) is 4.81. The predicted octanol–water partition coefficient (Wildman–Crippen LogP) is 6.04. The molecule has 1 atom stereocenters. The number of alkyl halides is 3. The van der Waals surface area contributed by atoms with E-state index in [1.54, 1.807) is 12.1 Å². The third kappa shape index (κ3) is 7.82. The molecule has 0 spiro atoms. The highest BCUT2D eigenvalue weighted by Crippen LogP contribution is 2.31. The van der Waals surface area contributed by atoms with E-state index >= 15 is 0 Å². The van der Waals surface area contributed by atoms with Crippen molar-refractivity contribution in [3.63, 3.8) is 0 Å². The molecule has 0 bridgehead atoms. The van der Waals surface area contributed by atoms with Gasteiger partial charge in [0.1, 0.15) is 24.0 Å². The van der Waals surface area contributed by atoms with Crippen LogP contribution in [0.5, 0.6) is 0 Å². The summed E-state index contributed by atoms with van der Waals surface area (Å²) in [6.45, 7) is 3.05. The summed E-state index contributed by atoms with van der Waals surface area (Å²) in [6, 6.07) is 9.68. The Hall–Kier alpha value is -4.68. The van der Waals surface area contributed by atoms with Crippen LogP contribution in [0.25, 0.3) is 11.1 Å². The summed E-state index contributed by atoms with van der Waals surface area (Å²) in [6.07, 6.45) is -3.25. The second-order valence-corrected chi connectivity index (χ2v) is 10.6. The Bertz CT molecular complexity index is 1650. The van der Waals surface area contributed by atoms with Crippen molar-refractivity contribution < 1.29 is 35.9 Å². The van der Waals surface area contributed by atoms with Crippen molar-refractivity contribution in [1.29, 1.82) is 0 Å². The first-order chi connectivity index (χ1) is 20.7. The number of amides is 2. The summed E-state index contributed by atoms with van der Waals surface area (Å²) >= 11 is 0. The number of carbonyl (C=O) groups excluding carboxylic acids is 2. The maximum absolute atomic E-state index is 14.4. The van der Waals surface area contributed by atoms with Crippen LogP contribution >= 0.6 is 0 Å². The smallest absolute Gasteiger partial charge is 0.355 e. The minimum Gasteiger partial charge on any atom is -0.355 e. The Morgan fingerprint density at radius 3 is 2.30 bits per heavy atom. The first-order valence-electron chi connectivity index (χ1n) is 13.6. The van der Waals surface area contributed by atoms with Crippen molar-refractivity contribution in [2.75, 3.05) is 7.05 Å². The Morgan fingerprint density at radius 1 is 0.955 bits per heavy atom. The summed E-state index contributed by atoms with van der Waals surface area (Å²) in [7, 11) is 1.34. The molecular weight excluding hydrogens is 588 g/mol. The maximum Gasteiger partial charge on any atom is 0.435 e. The third-order valence-electron chi connectivity index (χ3n) is 6.68. The van der Waals surface area contributed by atoms with Crippen molar-refractivity contribution in [3.05, 3.63) is 106 Å². The highest BCUT2D eigenvalue weighted by Gasteiger charge is 2.35. The van der Waals surface area contributed by atoms with E-state index in [4.69, 9.17) is 0 Å². The number of nitrogens with one attached hydrogen (secondary N) is 2. The number of hydrogen-bond acceptors (Lipinski definition) is 4. The van der Waals surface area contributed by atoms with Gasteiger partial charge < -0.3 is 10.6 Å². The normalized spacial score (nSPS) is 12.3. The van der Waals surface area contributed by atoms with Gasteiger partial charge >= 0.3 is 6.18 Å². The van der Waals surface area contributed by atoms with Gasteiger partial charge in [-0.3, -0.25) is 19.3 Å². The fraction of sp³-hybridized carbons (Fsp3) is 0.290. The molecule has 232 valence electrons. The average Bonchev–Trinajstić information content (AvgIpc) is 3.34. The zero-order valence-electron chi connectivity index (χ0n) is 24.0. The number of benzene rings is 2. The Kier molecular flexibility index (Phi) is 9.75. The van der Waals surface area contributed by atoms with Crippen LogP contribution in [-0.4, -0.2) is 33.6 Å². The summed E-state index contributed by atoms with van der Waals surface area (Å²) < 4.78 is 83.9. The Labute approximate surface area is 249 Å². The van der Waals surface area contributed by atoms with Gasteiger partial charge in [-0.1, -0.05) is 26.0 Å². The molecule has 44 heavy (non-hydrogen) atoms. The van der Waals surface area contributed by atoms with Gasteiger partial charge in [0.2, 0.25) is 5.91 Å². The second-order valence-electron chi connectivity index (χ2n) is 10.6. The van der Waals surface area contributed by atoms with Gasteiger partial charge in [-0.2, -0.15) is 18.3 Å². The molecule has 4 rings (SSSR count). The van der Waals surface area contributed by atoms with Gasteiger partial charge in [0.15, 0.2) is 5.69 Å². The quantitative estimate of drug-likeness (QED) is 0.213. The molecule has 0 fully saturated rings. The molecule has 0 aliphatic rings. The monoisotopic (exact) mass is 617 g/mol. The van der Waals surface area contributed by atoms with E-state index in [0.717, 1.165) is 28.9 Å². The van der Waals surface area contributed by atoms with Crippen molar-refractivity contribution in [1.82, 2.24) is 25.4 Å². The second kappa shape index (κ2) is 13.3. The molecule has 2 N–H and O–H groups in total. The molecular formula is C31H29F6N5O2. The summed E-state index contributed by atoms with van der Waals surface area (Å²) in [5.41, 5.74) is -0.0739. The third-order valence-corrected chi connectivity index (χ3v) is 6.68. The summed E-state index contributed by atoms with van der Waals surface area (Å²) in [4.78, 5) is 30.0. The van der Waals surface area contributed by atoms with Gasteiger partial charge in [0, 0.05) is 30.6 Å². The van der Waals surface area contributed by atoms with Crippen molar-refractivity contribution in [2.24, 2.45) is 5.92 Å². The first kappa shape index (κ1) is 32.2. The van der Waals surface area contributed by atoms with Crippen LogP contribution in [0.1, 0.15) is 52.9 Å². The predicted molar refractivity (Wildman–Crippen MR) is 150 cm³/mol. The van der Waals surface area contributed by atoms with Crippen molar-refractivity contribution in [2.45, 2.75) is 45.5 Å². The lowest BCUT2D eigenvalue weighted by Gasteiger charge is -2.22. The van der Waals surface area contributed by atoms with Crippen LogP contribution in [0, 0.1) is 23.4 Å². The van der Waals surface area contributed by atoms with Crippen LogP contribution in [0.2, 0.25) is 0 Å². The van der Waals surface area contributed by atoms with E-state index in [0.29, 0.717) is 17.2 Å². The molecule has 2 aromatic carbocycles. The summed E-state index contributed by atoms with van der Waals surface area (Å²) in [5.74, 6) is -3.92. The van der Waals surface area contributed by atoms with E-state index in [-0.39, 0.29) is 41.3 Å². The maximum atomic E-state index is 14.4. The van der Waals surface area contributed by atoms with E-state index < -0.39 is 53.7 Å². The molecule has 2 amide bonds. The molecule has 13 heteroatoms. The molecule has 4 aromatic rings. The molecule has 0 unspecified atom stereocenters. The van der Waals surface area contributed by atoms with Gasteiger partial charge in [0.25, 0.3) is 5.91 Å². The largest absolute Gasteiger partial charge is 0.435 e. The van der Waals surface area contributed by atoms with Crippen LogP contribution in [0.4, 0.5) is 26.3 Å². The minimum absolute atomic E-state index is 0.0308. The van der Waals surface area contributed by atoms with Crippen molar-refractivity contribution >= 4 is 11.8 Å². The molecule has 7 nitrogen and oxygen atoms in total. The number of hydrogen-bond donors (Lipinski definition) is 2. The van der Waals surface area contributed by atoms with Gasteiger partial charge in [-0.25, -0.2) is 13.2 Å². The SMILES string of the molecule is CNC(=O)c1cc(-c2cccnc2[C@H](Cc2cc(F)cc(F)c2)NC(=O)Cn2nc(C(F)(F)F)cc2CC(C)C)ccc1F. The number of aromatic nitrogens is 3. The number of carbonyl (C=O) groups is 2. The van der Waals surface area contributed by atoms with Crippen LogP contribution in [0.15, 0.2) is 60.8 Å². The summed E-state index contributed by atoms with van der Waals surface area (Å²) in [5, 5.41) is 8.69. The number of nitrogens with zero attached hydrogens (tertiary/aromatic N) is 3. The lowest BCUT2D eigenvalue weighted by Crippen LogP contribution is -2.34. The van der Waals surface area contributed by atoms with E-state index in [9.17, 15) is 35.9 Å². The standard InChI is InChI=1S/C31H29F6N5O2/c1-17(2)9-22-15-27(31(35,36)37)41-42(22)16-28(43)40-26(12-18-10-20(32)14-21(33)11-18)29-23(5-4-8-39-29)19-6-7-25(34)24(13-19)30(44)38-3/h4-8,10-11,13-15,17,26H,9,12,16H2,1-3H3,(H,38,44)(H,40,43)/t26-/m0/s1. The van der Waals surface area contributed by atoms with Crippen molar-refractivity contribution in [3.8, 4) is 11.1 Å². The van der Waals surface area contributed by atoms with Crippen LogP contribution in [0.3, 0.4) is 0 Å². The molecule has 0 aliphatic carbocycles. The van der Waals surface area contributed by atoms with E-state index in [2.05, 4.69) is 20.7 Å². The number of rotatable bonds is 10. The van der Waals surface area contributed by atoms with Gasteiger partial charge in [-0.05, 0) is 66.3 Å². The molecule has 0 aliphatic heterocycles. The van der Waals surface area contributed by atoms with Gasteiger partial charge in [-0.15, -0.1) is 0 Å². The Balaban J connectivity index is 1.75. The Morgan fingerprint density at radius 2 is 1.66 bits per heavy atom. The minimum atomic E-state index is -4.72. The van der Waals surface area contributed by atoms with Crippen LogP contribution < -0.4 is 10.6 Å². The van der Waals surface area contributed by atoms with Crippen LogP contribution in [-0.2, 0) is 30.4 Å². The average molecular weight is 618 g/mol. The molecule has 2 heterocycles. The highest BCUT2D eigenvalue weighted by atomic mass is 19.4. The zero-order valence-corrected chi connectivity index (χ0v) is 24.0. The number of halogens is 6. The van der Waals surface area contributed by atoms with Gasteiger partial charge in [0.05, 0.1) is 17.3 Å². The lowest BCUT2D eigenvalue weighted by molar-refractivity contribution is -0.141. The number of pyridine rings is 1. The molecule has 0 saturated heterocycles. The fourth-order valence-electron chi connectivity index (χ4n) is 4.81. The zero-order chi connectivity index (χ0) is 32.2. The van der Waals surface area contributed by atoms with E-state index in [1.807, 2.05) is 13.8 Å². The lowest BCUT2D eigenvalue weighted by atomic mass is 9.94. The molecule has 2 aromatic heterocycles. The molecule has 0 radical (unpaired) electrons. The topological polar surface area (TPSA) is 88.9 Å². The highest BCUT2D eigenvalue weighted by molar-refractivity contribution is 5.95. The van der Waals surface area contributed by atoms with E-state index in [1.165, 1.54) is 25.4 Å².